The first-order valence-corrected chi connectivity index (χ1v) is 10.3. The first kappa shape index (κ1) is 18.5. The van der Waals surface area contributed by atoms with Gasteiger partial charge in [0.25, 0.3) is 0 Å². The predicted molar refractivity (Wildman–Crippen MR) is 103 cm³/mol. The van der Waals surface area contributed by atoms with Crippen molar-refractivity contribution in [1.82, 2.24) is 4.31 Å². The lowest BCUT2D eigenvalue weighted by Gasteiger charge is -2.36. The van der Waals surface area contributed by atoms with E-state index in [1.54, 1.807) is 19.1 Å². The number of halogens is 2. The fourth-order valence-corrected chi connectivity index (χ4v) is 5.24. The highest BCUT2D eigenvalue weighted by atomic mass is 35.5. The van der Waals surface area contributed by atoms with Gasteiger partial charge in [0.15, 0.2) is 0 Å². The Hall–Kier alpha value is -1.27. The standard InChI is InChI=1S/C18H20Cl2N2O2S/c1-13-12-18(14(2)11-16(13)20)25(23,24)22-9-7-21(8-10-22)17-6-4-3-5-15(17)19/h3-6,11-12H,7-10H2,1-2H3. The van der Waals surface area contributed by atoms with E-state index in [-0.39, 0.29) is 0 Å². The van der Waals surface area contributed by atoms with Crippen molar-refractivity contribution in [2.24, 2.45) is 0 Å². The van der Waals surface area contributed by atoms with Crippen molar-refractivity contribution in [3.63, 3.8) is 0 Å². The molecule has 1 saturated heterocycles. The highest BCUT2D eigenvalue weighted by Gasteiger charge is 2.30. The molecule has 1 aliphatic heterocycles. The topological polar surface area (TPSA) is 40.6 Å². The number of hydrogen-bond acceptors (Lipinski definition) is 3. The Morgan fingerprint density at radius 3 is 2.16 bits per heavy atom. The number of rotatable bonds is 3. The fourth-order valence-electron chi connectivity index (χ4n) is 3.05. The van der Waals surface area contributed by atoms with Gasteiger partial charge < -0.3 is 4.90 Å². The normalized spacial score (nSPS) is 16.2. The minimum atomic E-state index is -3.53. The molecule has 7 heteroatoms. The van der Waals surface area contributed by atoms with Crippen molar-refractivity contribution >= 4 is 38.9 Å². The number of piperazine rings is 1. The third-order valence-corrected chi connectivity index (χ3v) is 7.27. The number of nitrogens with zero attached hydrogens (tertiary/aromatic N) is 2. The molecule has 25 heavy (non-hydrogen) atoms. The van der Waals surface area contributed by atoms with Crippen LogP contribution in [0.25, 0.3) is 0 Å². The van der Waals surface area contributed by atoms with Crippen LogP contribution in [-0.2, 0) is 10.0 Å². The minimum Gasteiger partial charge on any atom is -0.368 e. The number of hydrogen-bond donors (Lipinski definition) is 0. The van der Waals surface area contributed by atoms with Crippen molar-refractivity contribution < 1.29 is 8.42 Å². The summed E-state index contributed by atoms with van der Waals surface area (Å²) in [6, 6.07) is 11.0. The smallest absolute Gasteiger partial charge is 0.243 e. The summed E-state index contributed by atoms with van der Waals surface area (Å²) < 4.78 is 27.6. The molecule has 0 spiro atoms. The molecule has 134 valence electrons. The number of benzene rings is 2. The Kier molecular flexibility index (Phi) is 5.30. The number of para-hydroxylation sites is 1. The van der Waals surface area contributed by atoms with E-state index >= 15 is 0 Å². The van der Waals surface area contributed by atoms with Crippen LogP contribution in [0.2, 0.25) is 10.0 Å². The second kappa shape index (κ2) is 7.16. The van der Waals surface area contributed by atoms with Gasteiger partial charge in [0.1, 0.15) is 0 Å². The van der Waals surface area contributed by atoms with Crippen LogP contribution < -0.4 is 4.90 Å². The third-order valence-electron chi connectivity index (χ3n) is 4.51. The molecule has 0 bridgehead atoms. The van der Waals surface area contributed by atoms with Crippen LogP contribution in [0.4, 0.5) is 5.69 Å². The zero-order chi connectivity index (χ0) is 18.2. The summed E-state index contributed by atoms with van der Waals surface area (Å²) in [5.74, 6) is 0. The molecular formula is C18H20Cl2N2O2S. The molecule has 0 amide bonds. The Balaban J connectivity index is 1.81. The fraction of sp³-hybridized carbons (Fsp3) is 0.333. The number of anilines is 1. The largest absolute Gasteiger partial charge is 0.368 e. The zero-order valence-corrected chi connectivity index (χ0v) is 16.5. The molecule has 0 N–H and O–H groups in total. The molecule has 2 aromatic rings. The quantitative estimate of drug-likeness (QED) is 0.780. The first-order valence-electron chi connectivity index (χ1n) is 8.07. The Bertz CT molecular complexity index is 892. The molecule has 1 fully saturated rings. The molecule has 0 aliphatic carbocycles. The maximum Gasteiger partial charge on any atom is 0.243 e. The minimum absolute atomic E-state index is 0.334. The summed E-state index contributed by atoms with van der Waals surface area (Å²) in [4.78, 5) is 2.45. The Labute approximate surface area is 159 Å². The van der Waals surface area contributed by atoms with E-state index in [9.17, 15) is 8.42 Å². The van der Waals surface area contributed by atoms with Gasteiger partial charge in [-0.05, 0) is 49.2 Å². The van der Waals surface area contributed by atoms with E-state index in [4.69, 9.17) is 23.2 Å². The summed E-state index contributed by atoms with van der Waals surface area (Å²) in [7, 11) is -3.53. The van der Waals surface area contributed by atoms with Crippen molar-refractivity contribution in [2.45, 2.75) is 18.7 Å². The second-order valence-electron chi connectivity index (χ2n) is 6.21. The van der Waals surface area contributed by atoms with Gasteiger partial charge in [0.05, 0.1) is 15.6 Å². The van der Waals surface area contributed by atoms with Crippen LogP contribution in [-0.4, -0.2) is 38.9 Å². The molecule has 0 radical (unpaired) electrons. The van der Waals surface area contributed by atoms with Gasteiger partial charge in [-0.3, -0.25) is 0 Å². The molecule has 1 aliphatic rings. The maximum absolute atomic E-state index is 13.0. The van der Waals surface area contributed by atoms with Gasteiger partial charge in [0, 0.05) is 31.2 Å². The Morgan fingerprint density at radius 2 is 1.52 bits per heavy atom. The summed E-state index contributed by atoms with van der Waals surface area (Å²) in [6.07, 6.45) is 0. The van der Waals surface area contributed by atoms with E-state index in [0.29, 0.717) is 46.7 Å². The lowest BCUT2D eigenvalue weighted by Crippen LogP contribution is -2.48. The van der Waals surface area contributed by atoms with Gasteiger partial charge in [-0.25, -0.2) is 8.42 Å². The van der Waals surface area contributed by atoms with Crippen molar-refractivity contribution in [2.75, 3.05) is 31.1 Å². The molecule has 1 heterocycles. The summed E-state index contributed by atoms with van der Waals surface area (Å²) in [5.41, 5.74) is 2.38. The summed E-state index contributed by atoms with van der Waals surface area (Å²) in [6.45, 7) is 5.65. The molecule has 0 aromatic heterocycles. The van der Waals surface area contributed by atoms with E-state index in [2.05, 4.69) is 4.90 Å². The molecule has 4 nitrogen and oxygen atoms in total. The maximum atomic E-state index is 13.0. The lowest BCUT2D eigenvalue weighted by atomic mass is 10.2. The zero-order valence-electron chi connectivity index (χ0n) is 14.2. The third kappa shape index (κ3) is 3.65. The van der Waals surface area contributed by atoms with E-state index in [1.807, 2.05) is 31.2 Å². The van der Waals surface area contributed by atoms with E-state index < -0.39 is 10.0 Å². The molecule has 3 rings (SSSR count). The van der Waals surface area contributed by atoms with Crippen LogP contribution in [0, 0.1) is 13.8 Å². The van der Waals surface area contributed by atoms with Gasteiger partial charge >= 0.3 is 0 Å². The monoisotopic (exact) mass is 398 g/mol. The predicted octanol–water partition coefficient (Wildman–Crippen LogP) is 4.12. The highest BCUT2D eigenvalue weighted by Crippen LogP contribution is 2.29. The lowest BCUT2D eigenvalue weighted by molar-refractivity contribution is 0.384. The van der Waals surface area contributed by atoms with Crippen molar-refractivity contribution in [3.05, 3.63) is 57.6 Å². The number of aryl methyl sites for hydroxylation is 2. The first-order chi connectivity index (χ1) is 11.8. The molecule has 0 saturated carbocycles. The number of sulfonamides is 1. The average Bonchev–Trinajstić information content (AvgIpc) is 2.58. The van der Waals surface area contributed by atoms with Crippen LogP contribution in [0.1, 0.15) is 11.1 Å². The van der Waals surface area contributed by atoms with Gasteiger partial charge in [-0.2, -0.15) is 4.31 Å². The average molecular weight is 399 g/mol. The van der Waals surface area contributed by atoms with E-state index in [1.165, 1.54) is 4.31 Å². The van der Waals surface area contributed by atoms with Gasteiger partial charge in [-0.1, -0.05) is 35.3 Å². The van der Waals surface area contributed by atoms with Crippen molar-refractivity contribution in [1.29, 1.82) is 0 Å². The Morgan fingerprint density at radius 1 is 0.880 bits per heavy atom. The van der Waals surface area contributed by atoms with Crippen LogP contribution in [0.3, 0.4) is 0 Å². The van der Waals surface area contributed by atoms with E-state index in [0.717, 1.165) is 11.3 Å². The second-order valence-corrected chi connectivity index (χ2v) is 8.93. The molecule has 0 atom stereocenters. The SMILES string of the molecule is Cc1cc(S(=O)(=O)N2CCN(c3ccccc3Cl)CC2)c(C)cc1Cl. The molecule has 0 unspecified atom stereocenters. The van der Waals surface area contributed by atoms with Crippen molar-refractivity contribution in [3.8, 4) is 0 Å². The summed E-state index contributed by atoms with van der Waals surface area (Å²) >= 11 is 12.3. The van der Waals surface area contributed by atoms with Crippen LogP contribution in [0.5, 0.6) is 0 Å². The molecular weight excluding hydrogens is 379 g/mol. The molecule has 2 aromatic carbocycles. The van der Waals surface area contributed by atoms with Crippen LogP contribution >= 0.6 is 23.2 Å². The van der Waals surface area contributed by atoms with Crippen LogP contribution in [0.15, 0.2) is 41.3 Å². The van der Waals surface area contributed by atoms with Gasteiger partial charge in [0.2, 0.25) is 10.0 Å². The highest BCUT2D eigenvalue weighted by molar-refractivity contribution is 7.89. The summed E-state index contributed by atoms with van der Waals surface area (Å²) in [5, 5.41) is 1.27. The van der Waals surface area contributed by atoms with Gasteiger partial charge in [-0.15, -0.1) is 0 Å².